The molecule has 3 rings (SSSR count). The average molecular weight is 345 g/mol. The predicted molar refractivity (Wildman–Crippen MR) is 108 cm³/mol. The second-order valence-electron chi connectivity index (χ2n) is 5.31. The molecular formula is C22H19NOS. The van der Waals surface area contributed by atoms with E-state index in [0.717, 1.165) is 27.5 Å². The molecule has 0 atom stereocenters. The van der Waals surface area contributed by atoms with Gasteiger partial charge in [-0.1, -0.05) is 61.2 Å². The van der Waals surface area contributed by atoms with Crippen molar-refractivity contribution in [1.29, 1.82) is 0 Å². The summed E-state index contributed by atoms with van der Waals surface area (Å²) in [5.41, 5.74) is 3.00. The van der Waals surface area contributed by atoms with E-state index in [0.29, 0.717) is 6.61 Å². The number of para-hydroxylation sites is 1. The van der Waals surface area contributed by atoms with Gasteiger partial charge in [0.1, 0.15) is 12.4 Å². The van der Waals surface area contributed by atoms with Crippen LogP contribution >= 0.6 is 11.3 Å². The lowest BCUT2D eigenvalue weighted by atomic mass is 10.2. The molecule has 0 saturated heterocycles. The van der Waals surface area contributed by atoms with Crippen LogP contribution in [0.1, 0.15) is 16.0 Å². The zero-order valence-electron chi connectivity index (χ0n) is 13.8. The number of benzene rings is 2. The van der Waals surface area contributed by atoms with E-state index in [1.807, 2.05) is 54.7 Å². The van der Waals surface area contributed by atoms with Gasteiger partial charge in [0.25, 0.3) is 0 Å². The molecule has 0 saturated carbocycles. The first-order chi connectivity index (χ1) is 12.4. The zero-order valence-corrected chi connectivity index (χ0v) is 14.7. The highest BCUT2D eigenvalue weighted by Gasteiger charge is 2.03. The summed E-state index contributed by atoms with van der Waals surface area (Å²) in [6.07, 6.45) is 5.68. The van der Waals surface area contributed by atoms with Gasteiger partial charge in [0, 0.05) is 11.8 Å². The Bertz CT molecular complexity index is 864. The summed E-state index contributed by atoms with van der Waals surface area (Å²) in [6.45, 7) is 4.17. The summed E-state index contributed by atoms with van der Waals surface area (Å²) in [5.74, 6) is 0.802. The Morgan fingerprint density at radius 2 is 1.80 bits per heavy atom. The Labute approximate surface area is 152 Å². The molecule has 3 aromatic rings. The van der Waals surface area contributed by atoms with Crippen molar-refractivity contribution < 1.29 is 4.74 Å². The van der Waals surface area contributed by atoms with E-state index in [1.165, 1.54) is 0 Å². The highest BCUT2D eigenvalue weighted by Crippen LogP contribution is 2.25. The maximum absolute atomic E-state index is 5.70. The van der Waals surface area contributed by atoms with E-state index in [9.17, 15) is 0 Å². The van der Waals surface area contributed by atoms with Crippen LogP contribution < -0.4 is 4.74 Å². The number of thiophene rings is 1. The molecule has 0 aliphatic heterocycles. The number of aliphatic imine (C=N–C) groups is 1. The van der Waals surface area contributed by atoms with E-state index >= 15 is 0 Å². The molecule has 0 aliphatic rings. The van der Waals surface area contributed by atoms with Gasteiger partial charge in [0.15, 0.2) is 0 Å². The normalized spacial score (nSPS) is 11.6. The summed E-state index contributed by atoms with van der Waals surface area (Å²) in [6, 6.07) is 22.2. The molecule has 1 heterocycles. The van der Waals surface area contributed by atoms with Crippen LogP contribution in [-0.2, 0) is 0 Å². The third-order valence-electron chi connectivity index (χ3n) is 3.50. The lowest BCUT2D eigenvalue weighted by molar-refractivity contribution is 0.363. The number of hydrogen-bond acceptors (Lipinski definition) is 3. The fourth-order valence-electron chi connectivity index (χ4n) is 2.31. The lowest BCUT2D eigenvalue weighted by Crippen LogP contribution is -1.96. The van der Waals surface area contributed by atoms with Crippen molar-refractivity contribution in [2.24, 2.45) is 4.99 Å². The third kappa shape index (κ3) is 4.78. The standard InChI is InChI=1S/C22H19NOS/c1-2-14-24-21-12-7-6-11-19(21)17-23-20(22-13-8-15-25-22)16-18-9-4-3-5-10-18/h2-13,15-17H,1,14H2/b20-16-,23-17?. The average Bonchev–Trinajstić information content (AvgIpc) is 3.19. The first-order valence-electron chi connectivity index (χ1n) is 8.04. The second-order valence-corrected chi connectivity index (χ2v) is 6.26. The molecule has 0 amide bonds. The Morgan fingerprint density at radius 3 is 2.56 bits per heavy atom. The number of rotatable bonds is 7. The fraction of sp³-hybridized carbons (Fsp3) is 0.0455. The molecule has 0 fully saturated rings. The van der Waals surface area contributed by atoms with E-state index in [-0.39, 0.29) is 0 Å². The molecular weight excluding hydrogens is 326 g/mol. The SMILES string of the molecule is C=CCOc1ccccc1C=N/C(=C\c1ccccc1)c1cccs1. The van der Waals surface area contributed by atoms with Crippen molar-refractivity contribution in [2.75, 3.05) is 6.61 Å². The zero-order chi connectivity index (χ0) is 17.3. The van der Waals surface area contributed by atoms with E-state index in [4.69, 9.17) is 9.73 Å². The van der Waals surface area contributed by atoms with E-state index in [1.54, 1.807) is 17.4 Å². The molecule has 2 aromatic carbocycles. The molecule has 0 bridgehead atoms. The van der Waals surface area contributed by atoms with Gasteiger partial charge < -0.3 is 4.74 Å². The lowest BCUT2D eigenvalue weighted by Gasteiger charge is -2.06. The van der Waals surface area contributed by atoms with Crippen molar-refractivity contribution in [3.05, 3.63) is 101 Å². The van der Waals surface area contributed by atoms with Crippen LogP contribution in [0, 0.1) is 0 Å². The van der Waals surface area contributed by atoms with Crippen molar-refractivity contribution in [3.63, 3.8) is 0 Å². The molecule has 2 nitrogen and oxygen atoms in total. The number of hydrogen-bond donors (Lipinski definition) is 0. The highest BCUT2D eigenvalue weighted by molar-refractivity contribution is 7.11. The monoisotopic (exact) mass is 345 g/mol. The van der Waals surface area contributed by atoms with Gasteiger partial charge in [0.2, 0.25) is 0 Å². The van der Waals surface area contributed by atoms with E-state index < -0.39 is 0 Å². The van der Waals surface area contributed by atoms with Crippen LogP contribution in [0.25, 0.3) is 11.8 Å². The minimum absolute atomic E-state index is 0.475. The van der Waals surface area contributed by atoms with E-state index in [2.05, 4.69) is 36.2 Å². The summed E-state index contributed by atoms with van der Waals surface area (Å²) < 4.78 is 5.70. The molecule has 25 heavy (non-hydrogen) atoms. The molecule has 0 spiro atoms. The van der Waals surface area contributed by atoms with Gasteiger partial charge >= 0.3 is 0 Å². The minimum Gasteiger partial charge on any atom is -0.489 e. The predicted octanol–water partition coefficient (Wildman–Crippen LogP) is 5.93. The van der Waals surface area contributed by atoms with Crippen LogP contribution in [0.2, 0.25) is 0 Å². The van der Waals surface area contributed by atoms with Crippen LogP contribution in [0.4, 0.5) is 0 Å². The van der Waals surface area contributed by atoms with Gasteiger partial charge in [-0.25, -0.2) is 0 Å². The van der Waals surface area contributed by atoms with Crippen molar-refractivity contribution in [1.82, 2.24) is 0 Å². The molecule has 0 unspecified atom stereocenters. The van der Waals surface area contributed by atoms with Gasteiger partial charge in [-0.2, -0.15) is 0 Å². The Kier molecular flexibility index (Phi) is 5.96. The van der Waals surface area contributed by atoms with Crippen LogP contribution in [0.3, 0.4) is 0 Å². The molecule has 124 valence electrons. The smallest absolute Gasteiger partial charge is 0.128 e. The summed E-state index contributed by atoms with van der Waals surface area (Å²) in [5, 5.41) is 2.06. The Hall–Kier alpha value is -2.91. The van der Waals surface area contributed by atoms with Crippen molar-refractivity contribution >= 4 is 29.3 Å². The Morgan fingerprint density at radius 1 is 1.00 bits per heavy atom. The van der Waals surface area contributed by atoms with Gasteiger partial charge in [-0.05, 0) is 35.2 Å². The molecule has 1 aromatic heterocycles. The van der Waals surface area contributed by atoms with Crippen molar-refractivity contribution in [2.45, 2.75) is 0 Å². The quantitative estimate of drug-likeness (QED) is 0.384. The topological polar surface area (TPSA) is 21.6 Å². The minimum atomic E-state index is 0.475. The number of ether oxygens (including phenoxy) is 1. The highest BCUT2D eigenvalue weighted by atomic mass is 32.1. The molecule has 0 radical (unpaired) electrons. The van der Waals surface area contributed by atoms with Crippen LogP contribution in [0.5, 0.6) is 5.75 Å². The molecule has 0 aliphatic carbocycles. The second kappa shape index (κ2) is 8.81. The van der Waals surface area contributed by atoms with Crippen LogP contribution in [0.15, 0.2) is 89.8 Å². The van der Waals surface area contributed by atoms with Gasteiger partial charge in [-0.3, -0.25) is 4.99 Å². The van der Waals surface area contributed by atoms with Crippen molar-refractivity contribution in [3.8, 4) is 5.75 Å². The summed E-state index contributed by atoms with van der Waals surface area (Å²) in [7, 11) is 0. The van der Waals surface area contributed by atoms with Crippen LogP contribution in [-0.4, -0.2) is 12.8 Å². The Balaban J connectivity index is 1.92. The molecule has 0 N–H and O–H groups in total. The van der Waals surface area contributed by atoms with Gasteiger partial charge in [-0.15, -0.1) is 11.3 Å². The third-order valence-corrected chi connectivity index (χ3v) is 4.39. The van der Waals surface area contributed by atoms with Gasteiger partial charge in [0.05, 0.1) is 10.6 Å². The summed E-state index contributed by atoms with van der Waals surface area (Å²) >= 11 is 1.68. The largest absolute Gasteiger partial charge is 0.489 e. The first kappa shape index (κ1) is 16.9. The number of nitrogens with zero attached hydrogens (tertiary/aromatic N) is 1. The molecule has 3 heteroatoms. The fourth-order valence-corrected chi connectivity index (χ4v) is 3.00. The maximum atomic E-state index is 5.70. The summed E-state index contributed by atoms with van der Waals surface area (Å²) in [4.78, 5) is 5.87. The first-order valence-corrected chi connectivity index (χ1v) is 8.92. The maximum Gasteiger partial charge on any atom is 0.128 e.